The minimum atomic E-state index is -1.09. The molecule has 0 saturated carbocycles. The van der Waals surface area contributed by atoms with E-state index in [1.54, 1.807) is 7.11 Å². The second-order valence-electron chi connectivity index (χ2n) is 3.89. The van der Waals surface area contributed by atoms with E-state index in [1.165, 1.54) is 12.1 Å². The molecule has 0 aromatic carbocycles. The third-order valence-electron chi connectivity index (χ3n) is 2.33. The van der Waals surface area contributed by atoms with Crippen molar-refractivity contribution in [2.75, 3.05) is 32.1 Å². The highest BCUT2D eigenvalue weighted by Gasteiger charge is 2.07. The van der Waals surface area contributed by atoms with Crippen LogP contribution in [0.25, 0.3) is 0 Å². The number of halogens is 1. The number of aromatic nitrogens is 1. The monoisotopic (exact) mass is 301 g/mol. The van der Waals surface area contributed by atoms with Gasteiger partial charge in [-0.25, -0.2) is 9.78 Å². The number of ether oxygens (including phenoxy) is 1. The van der Waals surface area contributed by atoms with Crippen molar-refractivity contribution in [1.29, 1.82) is 0 Å². The molecule has 0 spiro atoms. The first-order valence-corrected chi connectivity index (χ1v) is 6.31. The number of carboxylic acids is 1. The molecule has 7 nitrogen and oxygen atoms in total. The van der Waals surface area contributed by atoms with Crippen LogP contribution >= 0.6 is 11.6 Å². The summed E-state index contributed by atoms with van der Waals surface area (Å²) in [5.41, 5.74) is 0.0389. The second kappa shape index (κ2) is 8.34. The Morgan fingerprint density at radius 1 is 1.40 bits per heavy atom. The number of carbonyl (C=O) groups is 2. The maximum Gasteiger partial charge on any atom is 0.335 e. The predicted molar refractivity (Wildman–Crippen MR) is 74.2 cm³/mol. The highest BCUT2D eigenvalue weighted by Crippen LogP contribution is 2.14. The Hall–Kier alpha value is -1.86. The molecular formula is C12H16ClN3O4. The van der Waals surface area contributed by atoms with Gasteiger partial charge in [-0.2, -0.15) is 0 Å². The summed E-state index contributed by atoms with van der Waals surface area (Å²) in [6, 6.07) is 2.61. The minimum Gasteiger partial charge on any atom is -0.478 e. The topological polar surface area (TPSA) is 101 Å². The smallest absolute Gasteiger partial charge is 0.335 e. The van der Waals surface area contributed by atoms with E-state index in [4.69, 9.17) is 21.4 Å². The molecule has 1 heterocycles. The third-order valence-corrected chi connectivity index (χ3v) is 2.52. The van der Waals surface area contributed by atoms with Crippen molar-refractivity contribution < 1.29 is 19.4 Å². The first kappa shape index (κ1) is 16.2. The van der Waals surface area contributed by atoms with Gasteiger partial charge >= 0.3 is 5.97 Å². The molecule has 0 atom stereocenters. The van der Waals surface area contributed by atoms with Gasteiger partial charge in [-0.1, -0.05) is 11.6 Å². The average molecular weight is 302 g/mol. The lowest BCUT2D eigenvalue weighted by molar-refractivity contribution is -0.121. The standard InChI is InChI=1S/C12H16ClN3O4/c1-20-5-4-15-11(17)2-3-14-10-7-8(12(18)19)6-9(13)16-10/h6-7H,2-5H2,1H3,(H,14,16)(H,15,17)(H,18,19). The molecule has 8 heteroatoms. The molecule has 20 heavy (non-hydrogen) atoms. The number of rotatable bonds is 8. The Bertz CT molecular complexity index is 482. The van der Waals surface area contributed by atoms with Gasteiger partial charge in [-0.15, -0.1) is 0 Å². The Labute approximate surface area is 121 Å². The molecule has 0 aliphatic carbocycles. The van der Waals surface area contributed by atoms with Crippen molar-refractivity contribution in [3.8, 4) is 0 Å². The summed E-state index contributed by atoms with van der Waals surface area (Å²) in [5.74, 6) is -0.899. The van der Waals surface area contributed by atoms with Crippen molar-refractivity contribution in [1.82, 2.24) is 10.3 Å². The van der Waals surface area contributed by atoms with Crippen molar-refractivity contribution in [3.63, 3.8) is 0 Å². The molecule has 0 fully saturated rings. The van der Waals surface area contributed by atoms with Gasteiger partial charge in [-0.3, -0.25) is 4.79 Å². The van der Waals surface area contributed by atoms with Crippen molar-refractivity contribution in [2.45, 2.75) is 6.42 Å². The fourth-order valence-electron chi connectivity index (χ4n) is 1.40. The van der Waals surface area contributed by atoms with Crippen LogP contribution in [0.15, 0.2) is 12.1 Å². The van der Waals surface area contributed by atoms with Gasteiger partial charge < -0.3 is 20.5 Å². The van der Waals surface area contributed by atoms with E-state index in [0.717, 1.165) is 0 Å². The lowest BCUT2D eigenvalue weighted by Crippen LogP contribution is -2.28. The van der Waals surface area contributed by atoms with E-state index < -0.39 is 5.97 Å². The molecule has 0 aliphatic heterocycles. The number of nitrogens with zero attached hydrogens (tertiary/aromatic N) is 1. The maximum absolute atomic E-state index is 11.4. The first-order chi connectivity index (χ1) is 9.52. The van der Waals surface area contributed by atoms with Crippen LogP contribution in [-0.4, -0.2) is 48.8 Å². The van der Waals surface area contributed by atoms with Crippen molar-refractivity contribution >= 4 is 29.3 Å². The minimum absolute atomic E-state index is 0.0389. The van der Waals surface area contributed by atoms with Crippen LogP contribution in [0.3, 0.4) is 0 Å². The van der Waals surface area contributed by atoms with Crippen molar-refractivity contribution in [3.05, 3.63) is 22.8 Å². The molecule has 0 bridgehead atoms. The summed E-state index contributed by atoms with van der Waals surface area (Å²) in [4.78, 5) is 26.2. The number of hydrogen-bond acceptors (Lipinski definition) is 5. The zero-order valence-corrected chi connectivity index (χ0v) is 11.7. The second-order valence-corrected chi connectivity index (χ2v) is 4.28. The normalized spacial score (nSPS) is 10.1. The molecule has 0 aliphatic rings. The number of carboxylic acid groups (broad SMARTS) is 1. The molecule has 1 rings (SSSR count). The summed E-state index contributed by atoms with van der Waals surface area (Å²) < 4.78 is 4.80. The van der Waals surface area contributed by atoms with Gasteiger partial charge in [0.25, 0.3) is 0 Å². The van der Waals surface area contributed by atoms with Crippen LogP contribution in [0.2, 0.25) is 5.15 Å². The van der Waals surface area contributed by atoms with E-state index in [2.05, 4.69) is 15.6 Å². The number of nitrogens with one attached hydrogen (secondary N) is 2. The number of amides is 1. The summed E-state index contributed by atoms with van der Waals surface area (Å²) in [5, 5.41) is 14.5. The van der Waals surface area contributed by atoms with Gasteiger partial charge in [0.15, 0.2) is 0 Å². The van der Waals surface area contributed by atoms with Crippen LogP contribution in [0.4, 0.5) is 5.82 Å². The first-order valence-electron chi connectivity index (χ1n) is 5.93. The average Bonchev–Trinajstić information content (AvgIpc) is 2.38. The lowest BCUT2D eigenvalue weighted by atomic mass is 10.2. The molecule has 1 aromatic rings. The molecule has 1 amide bonds. The zero-order valence-electron chi connectivity index (χ0n) is 11.0. The summed E-state index contributed by atoms with van der Waals surface area (Å²) in [7, 11) is 1.55. The van der Waals surface area contributed by atoms with Crippen LogP contribution in [-0.2, 0) is 9.53 Å². The van der Waals surface area contributed by atoms with Gasteiger partial charge in [0.2, 0.25) is 5.91 Å². The molecule has 1 aromatic heterocycles. The predicted octanol–water partition coefficient (Wildman–Crippen LogP) is 0.998. The fraction of sp³-hybridized carbons (Fsp3) is 0.417. The maximum atomic E-state index is 11.4. The Balaban J connectivity index is 2.42. The zero-order chi connectivity index (χ0) is 15.0. The number of carbonyl (C=O) groups excluding carboxylic acids is 1. The SMILES string of the molecule is COCCNC(=O)CCNc1cc(C(=O)O)cc(Cl)n1. The summed E-state index contributed by atoms with van der Waals surface area (Å²) >= 11 is 5.71. The number of anilines is 1. The highest BCUT2D eigenvalue weighted by atomic mass is 35.5. The lowest BCUT2D eigenvalue weighted by Gasteiger charge is -2.07. The van der Waals surface area contributed by atoms with E-state index in [1.807, 2.05) is 0 Å². The van der Waals surface area contributed by atoms with Crippen LogP contribution in [0.1, 0.15) is 16.8 Å². The van der Waals surface area contributed by atoms with Gasteiger partial charge in [0.1, 0.15) is 11.0 Å². The Morgan fingerprint density at radius 2 is 2.15 bits per heavy atom. The molecule has 3 N–H and O–H groups in total. The van der Waals surface area contributed by atoms with Gasteiger partial charge in [0, 0.05) is 26.6 Å². The Morgan fingerprint density at radius 3 is 2.80 bits per heavy atom. The van der Waals surface area contributed by atoms with E-state index in [0.29, 0.717) is 25.5 Å². The van der Waals surface area contributed by atoms with Crippen molar-refractivity contribution in [2.24, 2.45) is 0 Å². The van der Waals surface area contributed by atoms with Crippen LogP contribution in [0, 0.1) is 0 Å². The third kappa shape index (κ3) is 5.85. The number of aromatic carboxylic acids is 1. The molecule has 110 valence electrons. The molecule has 0 unspecified atom stereocenters. The van der Waals surface area contributed by atoms with Gasteiger partial charge in [-0.05, 0) is 12.1 Å². The summed E-state index contributed by atoms with van der Waals surface area (Å²) in [6.07, 6.45) is 0.236. The molecule has 0 radical (unpaired) electrons. The highest BCUT2D eigenvalue weighted by molar-refractivity contribution is 6.29. The van der Waals surface area contributed by atoms with Gasteiger partial charge in [0.05, 0.1) is 12.2 Å². The fourth-order valence-corrected chi connectivity index (χ4v) is 1.60. The molecule has 0 saturated heterocycles. The quantitative estimate of drug-likeness (QED) is 0.489. The van der Waals surface area contributed by atoms with Crippen LogP contribution < -0.4 is 10.6 Å². The largest absolute Gasteiger partial charge is 0.478 e. The van der Waals surface area contributed by atoms with Crippen LogP contribution in [0.5, 0.6) is 0 Å². The molecular weight excluding hydrogens is 286 g/mol. The Kier molecular flexibility index (Phi) is 6.75. The number of hydrogen-bond donors (Lipinski definition) is 3. The van der Waals surface area contributed by atoms with E-state index in [-0.39, 0.29) is 23.0 Å². The van der Waals surface area contributed by atoms with E-state index >= 15 is 0 Å². The summed E-state index contributed by atoms with van der Waals surface area (Å²) in [6.45, 7) is 1.23. The number of pyridine rings is 1. The van der Waals surface area contributed by atoms with E-state index in [9.17, 15) is 9.59 Å². The number of methoxy groups -OCH3 is 1.